The topological polar surface area (TPSA) is 75.7 Å². The third-order valence-electron chi connectivity index (χ3n) is 5.59. The lowest BCUT2D eigenvalue weighted by atomic mass is 9.83. The van der Waals surface area contributed by atoms with Crippen LogP contribution in [0, 0.1) is 0 Å². The molecule has 6 heteroatoms. The van der Waals surface area contributed by atoms with Gasteiger partial charge >= 0.3 is 5.97 Å². The Bertz CT molecular complexity index is 1010. The molecule has 0 spiro atoms. The highest BCUT2D eigenvalue weighted by atomic mass is 16.5. The first kappa shape index (κ1) is 23.3. The molecular formula is C26H30N2O4. The van der Waals surface area contributed by atoms with Crippen LogP contribution in [0.1, 0.15) is 61.0 Å². The maximum absolute atomic E-state index is 13.1. The predicted molar refractivity (Wildman–Crippen MR) is 123 cm³/mol. The van der Waals surface area contributed by atoms with Crippen molar-refractivity contribution in [2.45, 2.75) is 46.1 Å². The van der Waals surface area contributed by atoms with E-state index >= 15 is 0 Å². The van der Waals surface area contributed by atoms with Crippen molar-refractivity contribution in [3.05, 3.63) is 82.6 Å². The number of amides is 2. The monoisotopic (exact) mass is 434 g/mol. The van der Waals surface area contributed by atoms with Gasteiger partial charge in [-0.15, -0.1) is 0 Å². The summed E-state index contributed by atoms with van der Waals surface area (Å²) >= 11 is 0. The number of ether oxygens (including phenoxy) is 1. The van der Waals surface area contributed by atoms with Crippen LogP contribution in [-0.4, -0.2) is 35.8 Å². The van der Waals surface area contributed by atoms with Crippen LogP contribution in [-0.2, 0) is 20.9 Å². The standard InChI is InChI=1S/C26H30N2O4/c1-4-14-27-25(30)21-13-9-10-19(15-21)17-28-18(3)24(26(31)32-5-2)22(16-23(28)29)20-11-7-6-8-12-20/h6-13,15,22H,4-5,14,16-17H2,1-3H3,(H,27,30). The Balaban J connectivity index is 1.93. The summed E-state index contributed by atoms with van der Waals surface area (Å²) in [5.41, 5.74) is 3.39. The van der Waals surface area contributed by atoms with Crippen molar-refractivity contribution >= 4 is 17.8 Å². The summed E-state index contributed by atoms with van der Waals surface area (Å²) in [5, 5.41) is 2.87. The average molecular weight is 435 g/mol. The van der Waals surface area contributed by atoms with Gasteiger partial charge in [0.05, 0.1) is 18.7 Å². The average Bonchev–Trinajstić information content (AvgIpc) is 2.80. The van der Waals surface area contributed by atoms with E-state index in [1.54, 1.807) is 30.9 Å². The highest BCUT2D eigenvalue weighted by molar-refractivity contribution is 5.96. The number of nitrogens with zero attached hydrogens (tertiary/aromatic N) is 1. The molecule has 2 aromatic carbocycles. The molecule has 1 unspecified atom stereocenters. The maximum Gasteiger partial charge on any atom is 0.336 e. The van der Waals surface area contributed by atoms with Crippen molar-refractivity contribution in [1.29, 1.82) is 0 Å². The Kier molecular flexibility index (Phi) is 7.82. The molecule has 2 amide bonds. The third kappa shape index (κ3) is 5.25. The molecule has 2 aromatic rings. The number of carbonyl (C=O) groups is 3. The molecule has 0 radical (unpaired) electrons. The van der Waals surface area contributed by atoms with Gasteiger partial charge in [-0.05, 0) is 43.5 Å². The zero-order valence-electron chi connectivity index (χ0n) is 18.9. The van der Waals surface area contributed by atoms with Crippen molar-refractivity contribution < 1.29 is 19.1 Å². The van der Waals surface area contributed by atoms with Crippen LogP contribution >= 0.6 is 0 Å². The molecule has 0 fully saturated rings. The number of rotatable bonds is 8. The Hall–Kier alpha value is -3.41. The summed E-state index contributed by atoms with van der Waals surface area (Å²) in [6.07, 6.45) is 1.04. The first-order valence-electron chi connectivity index (χ1n) is 11.1. The van der Waals surface area contributed by atoms with E-state index in [1.807, 2.05) is 49.4 Å². The summed E-state index contributed by atoms with van der Waals surface area (Å²) in [5.74, 6) is -0.943. The summed E-state index contributed by atoms with van der Waals surface area (Å²) < 4.78 is 5.34. The number of esters is 1. The lowest BCUT2D eigenvalue weighted by Gasteiger charge is -2.34. The number of hydrogen-bond acceptors (Lipinski definition) is 4. The highest BCUT2D eigenvalue weighted by Gasteiger charge is 2.36. The second kappa shape index (κ2) is 10.8. The summed E-state index contributed by atoms with van der Waals surface area (Å²) in [7, 11) is 0. The molecule has 1 aliphatic rings. The minimum Gasteiger partial charge on any atom is -0.463 e. The predicted octanol–water partition coefficient (Wildman–Crippen LogP) is 4.18. The number of carbonyl (C=O) groups excluding carboxylic acids is 3. The molecule has 3 rings (SSSR count). The Morgan fingerprint density at radius 2 is 1.84 bits per heavy atom. The van der Waals surface area contributed by atoms with Crippen LogP contribution in [0.4, 0.5) is 0 Å². The fraction of sp³-hybridized carbons (Fsp3) is 0.346. The molecule has 6 nitrogen and oxygen atoms in total. The van der Waals surface area contributed by atoms with E-state index in [0.29, 0.717) is 23.4 Å². The molecule has 0 saturated heterocycles. The van der Waals surface area contributed by atoms with Gasteiger partial charge in [-0.1, -0.05) is 49.4 Å². The fourth-order valence-electron chi connectivity index (χ4n) is 3.98. The van der Waals surface area contributed by atoms with Gasteiger partial charge < -0.3 is 15.0 Å². The quantitative estimate of drug-likeness (QED) is 0.633. The van der Waals surface area contributed by atoms with Crippen LogP contribution in [0.3, 0.4) is 0 Å². The lowest BCUT2D eigenvalue weighted by Crippen LogP contribution is -2.38. The minimum absolute atomic E-state index is 0.0646. The molecule has 1 atom stereocenters. The number of benzene rings is 2. The van der Waals surface area contributed by atoms with E-state index in [-0.39, 0.29) is 37.3 Å². The van der Waals surface area contributed by atoms with Crippen molar-refractivity contribution in [3.8, 4) is 0 Å². The molecule has 32 heavy (non-hydrogen) atoms. The van der Waals surface area contributed by atoms with Gasteiger partial charge in [0.15, 0.2) is 0 Å². The molecule has 168 valence electrons. The largest absolute Gasteiger partial charge is 0.463 e. The van der Waals surface area contributed by atoms with Gasteiger partial charge in [0.2, 0.25) is 5.91 Å². The number of nitrogens with one attached hydrogen (secondary N) is 1. The van der Waals surface area contributed by atoms with E-state index in [1.165, 1.54) is 0 Å². The molecule has 1 aliphatic heterocycles. The molecule has 0 aliphatic carbocycles. The van der Waals surface area contributed by atoms with Gasteiger partial charge in [-0.2, -0.15) is 0 Å². The number of hydrogen-bond donors (Lipinski definition) is 1. The van der Waals surface area contributed by atoms with Crippen molar-refractivity contribution in [2.75, 3.05) is 13.2 Å². The minimum atomic E-state index is -0.399. The zero-order chi connectivity index (χ0) is 23.1. The molecule has 1 heterocycles. The van der Waals surface area contributed by atoms with Gasteiger partial charge in [0, 0.05) is 30.1 Å². The van der Waals surface area contributed by atoms with E-state index in [4.69, 9.17) is 4.74 Å². The van der Waals surface area contributed by atoms with Crippen molar-refractivity contribution in [2.24, 2.45) is 0 Å². The van der Waals surface area contributed by atoms with E-state index in [0.717, 1.165) is 17.5 Å². The smallest absolute Gasteiger partial charge is 0.336 e. The van der Waals surface area contributed by atoms with Gasteiger partial charge in [-0.3, -0.25) is 9.59 Å². The second-order valence-electron chi connectivity index (χ2n) is 7.82. The Labute approximate surface area is 189 Å². The molecule has 1 N–H and O–H groups in total. The highest BCUT2D eigenvalue weighted by Crippen LogP contribution is 2.37. The fourth-order valence-corrected chi connectivity index (χ4v) is 3.98. The maximum atomic E-state index is 13.1. The van der Waals surface area contributed by atoms with Gasteiger partial charge in [0.25, 0.3) is 5.91 Å². The van der Waals surface area contributed by atoms with E-state index < -0.39 is 5.97 Å². The zero-order valence-corrected chi connectivity index (χ0v) is 18.9. The van der Waals surface area contributed by atoms with E-state index in [9.17, 15) is 14.4 Å². The summed E-state index contributed by atoms with van der Waals surface area (Å²) in [4.78, 5) is 40.0. The molecule has 0 bridgehead atoms. The Morgan fingerprint density at radius 3 is 2.53 bits per heavy atom. The number of allylic oxidation sites excluding steroid dienone is 1. The first-order valence-corrected chi connectivity index (χ1v) is 11.1. The van der Waals surface area contributed by atoms with Gasteiger partial charge in [0.1, 0.15) is 0 Å². The first-order chi connectivity index (χ1) is 15.5. The summed E-state index contributed by atoms with van der Waals surface area (Å²) in [6.45, 7) is 6.71. The molecule has 0 aromatic heterocycles. The van der Waals surface area contributed by atoms with Crippen molar-refractivity contribution in [1.82, 2.24) is 10.2 Å². The molecular weight excluding hydrogens is 404 g/mol. The van der Waals surface area contributed by atoms with Crippen LogP contribution in [0.25, 0.3) is 0 Å². The van der Waals surface area contributed by atoms with Crippen LogP contribution in [0.2, 0.25) is 0 Å². The SMILES string of the molecule is CCCNC(=O)c1cccc(CN2C(=O)CC(c3ccccc3)C(C(=O)OCC)=C2C)c1. The van der Waals surface area contributed by atoms with Crippen LogP contribution in [0.5, 0.6) is 0 Å². The third-order valence-corrected chi connectivity index (χ3v) is 5.59. The van der Waals surface area contributed by atoms with E-state index in [2.05, 4.69) is 5.32 Å². The molecule has 0 saturated carbocycles. The van der Waals surface area contributed by atoms with Crippen LogP contribution in [0.15, 0.2) is 65.9 Å². The second-order valence-corrected chi connectivity index (χ2v) is 7.82. The van der Waals surface area contributed by atoms with Crippen molar-refractivity contribution in [3.63, 3.8) is 0 Å². The van der Waals surface area contributed by atoms with Gasteiger partial charge in [-0.25, -0.2) is 4.79 Å². The normalized spacial score (nSPS) is 16.2. The van der Waals surface area contributed by atoms with Crippen LogP contribution < -0.4 is 5.32 Å². The summed E-state index contributed by atoms with van der Waals surface area (Å²) in [6, 6.07) is 16.8. The lowest BCUT2D eigenvalue weighted by molar-refractivity contribution is -0.140. The Morgan fingerprint density at radius 1 is 1.09 bits per heavy atom.